The quantitative estimate of drug-likeness (QED) is 0.645. The molecule has 2 rings (SSSR count). The summed E-state index contributed by atoms with van der Waals surface area (Å²) >= 11 is 0. The number of ether oxygens (including phenoxy) is 1. The summed E-state index contributed by atoms with van der Waals surface area (Å²) in [6.45, 7) is 6.04. The first-order chi connectivity index (χ1) is 13.5. The van der Waals surface area contributed by atoms with Crippen LogP contribution in [0.3, 0.4) is 0 Å². The highest BCUT2D eigenvalue weighted by Gasteiger charge is 2.27. The van der Waals surface area contributed by atoms with Crippen molar-refractivity contribution in [2.75, 3.05) is 0 Å². The van der Waals surface area contributed by atoms with Crippen molar-refractivity contribution < 1.29 is 18.7 Å². The molecule has 28 heavy (non-hydrogen) atoms. The lowest BCUT2D eigenvalue weighted by Gasteiger charge is -2.25. The van der Waals surface area contributed by atoms with E-state index in [4.69, 9.17) is 9.15 Å². The third kappa shape index (κ3) is 7.10. The maximum absolute atomic E-state index is 12.7. The molecular weight excluding hydrogens is 356 g/mol. The normalized spacial score (nSPS) is 14.0. The fraction of sp³-hybridized carbons (Fsp3) is 0.455. The van der Waals surface area contributed by atoms with E-state index in [1.54, 1.807) is 6.26 Å². The molecule has 0 bridgehead atoms. The van der Waals surface area contributed by atoms with Crippen LogP contribution < -0.4 is 10.6 Å². The predicted octanol–water partition coefficient (Wildman–Crippen LogP) is 4.06. The summed E-state index contributed by atoms with van der Waals surface area (Å²) < 4.78 is 10.6. The lowest BCUT2D eigenvalue weighted by molar-refractivity contribution is -0.124. The number of amides is 2. The third-order valence-corrected chi connectivity index (χ3v) is 4.77. The van der Waals surface area contributed by atoms with Crippen LogP contribution in [0.5, 0.6) is 0 Å². The first kappa shape index (κ1) is 21.5. The van der Waals surface area contributed by atoms with E-state index >= 15 is 0 Å². The van der Waals surface area contributed by atoms with Gasteiger partial charge in [0.2, 0.25) is 5.91 Å². The summed E-state index contributed by atoms with van der Waals surface area (Å²) in [5.74, 6) is 0.682. The highest BCUT2D eigenvalue weighted by molar-refractivity contribution is 5.86. The number of carbonyl (C=O) groups is 2. The molecule has 152 valence electrons. The molecule has 0 saturated carbocycles. The van der Waals surface area contributed by atoms with Crippen LogP contribution in [0.1, 0.15) is 44.9 Å². The summed E-state index contributed by atoms with van der Waals surface area (Å²) in [7, 11) is 0. The van der Waals surface area contributed by atoms with Crippen LogP contribution in [0, 0.1) is 5.92 Å². The number of rotatable bonds is 10. The maximum Gasteiger partial charge on any atom is 0.408 e. The van der Waals surface area contributed by atoms with Gasteiger partial charge in [0.15, 0.2) is 0 Å². The molecule has 2 amide bonds. The fourth-order valence-corrected chi connectivity index (χ4v) is 2.81. The Morgan fingerprint density at radius 2 is 1.82 bits per heavy atom. The van der Waals surface area contributed by atoms with E-state index in [9.17, 15) is 9.59 Å². The molecule has 1 aromatic carbocycles. The first-order valence-electron chi connectivity index (χ1n) is 9.79. The van der Waals surface area contributed by atoms with Crippen molar-refractivity contribution in [1.82, 2.24) is 10.6 Å². The van der Waals surface area contributed by atoms with Gasteiger partial charge in [-0.1, -0.05) is 50.6 Å². The van der Waals surface area contributed by atoms with Gasteiger partial charge in [0, 0.05) is 12.5 Å². The summed E-state index contributed by atoms with van der Waals surface area (Å²) in [6.07, 6.45) is 3.31. The Bertz CT molecular complexity index is 715. The Kier molecular flexibility index (Phi) is 8.59. The number of hydrogen-bond donors (Lipinski definition) is 2. The number of benzene rings is 1. The van der Waals surface area contributed by atoms with E-state index < -0.39 is 12.1 Å². The van der Waals surface area contributed by atoms with Gasteiger partial charge in [-0.3, -0.25) is 4.79 Å². The first-order valence-corrected chi connectivity index (χ1v) is 9.79. The molecule has 2 aromatic rings. The number of hydrogen-bond acceptors (Lipinski definition) is 4. The number of aryl methyl sites for hydroxylation is 1. The second-order valence-corrected chi connectivity index (χ2v) is 7.10. The van der Waals surface area contributed by atoms with Gasteiger partial charge in [-0.25, -0.2) is 4.79 Å². The Labute approximate surface area is 166 Å². The van der Waals surface area contributed by atoms with E-state index in [0.717, 1.165) is 30.6 Å². The van der Waals surface area contributed by atoms with Gasteiger partial charge in [-0.15, -0.1) is 0 Å². The number of carbonyl (C=O) groups excluding carboxylic acids is 2. The maximum atomic E-state index is 12.7. The molecule has 0 saturated heterocycles. The van der Waals surface area contributed by atoms with Crippen molar-refractivity contribution in [2.24, 2.45) is 5.92 Å². The van der Waals surface area contributed by atoms with Crippen LogP contribution in [0.25, 0.3) is 0 Å². The van der Waals surface area contributed by atoms with Gasteiger partial charge in [0.05, 0.1) is 6.26 Å². The summed E-state index contributed by atoms with van der Waals surface area (Å²) in [5, 5.41) is 5.71. The molecular formula is C22H30N2O4. The molecule has 0 fully saturated rings. The Hall–Kier alpha value is -2.76. The van der Waals surface area contributed by atoms with Crippen LogP contribution in [0.2, 0.25) is 0 Å². The van der Waals surface area contributed by atoms with Gasteiger partial charge in [0.1, 0.15) is 18.4 Å². The van der Waals surface area contributed by atoms with Crippen LogP contribution in [-0.2, 0) is 22.6 Å². The molecule has 0 radical (unpaired) electrons. The molecule has 3 atom stereocenters. The number of furan rings is 1. The van der Waals surface area contributed by atoms with Crippen molar-refractivity contribution in [3.8, 4) is 0 Å². The SMILES string of the molecule is CC[C@H](C)[C@H](NC(=O)OCc1ccccc1)C(=O)NC(C)CCc1ccco1. The van der Waals surface area contributed by atoms with Gasteiger partial charge >= 0.3 is 6.09 Å². The minimum Gasteiger partial charge on any atom is -0.469 e. The molecule has 1 heterocycles. The van der Waals surface area contributed by atoms with Crippen molar-refractivity contribution in [3.63, 3.8) is 0 Å². The molecule has 0 aliphatic heterocycles. The van der Waals surface area contributed by atoms with Crippen molar-refractivity contribution >= 4 is 12.0 Å². The number of nitrogens with one attached hydrogen (secondary N) is 2. The average molecular weight is 386 g/mol. The van der Waals surface area contributed by atoms with E-state index in [1.165, 1.54) is 0 Å². The van der Waals surface area contributed by atoms with Gasteiger partial charge in [0.25, 0.3) is 0 Å². The monoisotopic (exact) mass is 386 g/mol. The molecule has 0 aliphatic rings. The second-order valence-electron chi connectivity index (χ2n) is 7.10. The van der Waals surface area contributed by atoms with Crippen LogP contribution >= 0.6 is 0 Å². The summed E-state index contributed by atoms with van der Waals surface area (Å²) in [6, 6.07) is 12.5. The van der Waals surface area contributed by atoms with Crippen LogP contribution in [0.4, 0.5) is 4.79 Å². The molecule has 0 spiro atoms. The minimum atomic E-state index is -0.640. The molecule has 2 N–H and O–H groups in total. The van der Waals surface area contributed by atoms with Gasteiger partial charge in [-0.05, 0) is 37.0 Å². The Balaban J connectivity index is 1.84. The van der Waals surface area contributed by atoms with E-state index in [0.29, 0.717) is 0 Å². The third-order valence-electron chi connectivity index (χ3n) is 4.77. The minimum absolute atomic E-state index is 0.0125. The molecule has 1 unspecified atom stereocenters. The van der Waals surface area contributed by atoms with E-state index in [2.05, 4.69) is 10.6 Å². The smallest absolute Gasteiger partial charge is 0.408 e. The van der Waals surface area contributed by atoms with Gasteiger partial charge < -0.3 is 19.8 Å². The lowest BCUT2D eigenvalue weighted by Crippen LogP contribution is -2.52. The largest absolute Gasteiger partial charge is 0.469 e. The van der Waals surface area contributed by atoms with E-state index in [-0.39, 0.29) is 24.5 Å². The zero-order valence-electron chi connectivity index (χ0n) is 16.8. The lowest BCUT2D eigenvalue weighted by atomic mass is 9.98. The standard InChI is InChI=1S/C22H30N2O4/c1-4-16(2)20(24-22(26)28-15-18-9-6-5-7-10-18)21(25)23-17(3)12-13-19-11-8-14-27-19/h5-11,14,16-17,20H,4,12-13,15H2,1-3H3,(H,23,25)(H,24,26)/t16-,17?,20-/m0/s1. The van der Waals surface area contributed by atoms with Crippen LogP contribution in [-0.4, -0.2) is 24.1 Å². The Morgan fingerprint density at radius 3 is 2.46 bits per heavy atom. The predicted molar refractivity (Wildman–Crippen MR) is 108 cm³/mol. The highest BCUT2D eigenvalue weighted by atomic mass is 16.5. The van der Waals surface area contributed by atoms with Crippen molar-refractivity contribution in [2.45, 2.75) is 58.7 Å². The highest BCUT2D eigenvalue weighted by Crippen LogP contribution is 2.11. The fourth-order valence-electron chi connectivity index (χ4n) is 2.81. The summed E-state index contributed by atoms with van der Waals surface area (Å²) in [4.78, 5) is 24.9. The molecule has 0 aliphatic carbocycles. The second kappa shape index (κ2) is 11.2. The molecule has 6 nitrogen and oxygen atoms in total. The topological polar surface area (TPSA) is 80.6 Å². The zero-order valence-corrected chi connectivity index (χ0v) is 16.8. The van der Waals surface area contributed by atoms with Crippen molar-refractivity contribution in [1.29, 1.82) is 0 Å². The Morgan fingerprint density at radius 1 is 1.07 bits per heavy atom. The van der Waals surface area contributed by atoms with Crippen molar-refractivity contribution in [3.05, 3.63) is 60.1 Å². The van der Waals surface area contributed by atoms with Crippen LogP contribution in [0.15, 0.2) is 53.1 Å². The van der Waals surface area contributed by atoms with Gasteiger partial charge in [-0.2, -0.15) is 0 Å². The average Bonchev–Trinajstić information content (AvgIpc) is 3.22. The van der Waals surface area contributed by atoms with E-state index in [1.807, 2.05) is 63.2 Å². The number of alkyl carbamates (subject to hydrolysis) is 1. The molecule has 6 heteroatoms. The molecule has 1 aromatic heterocycles. The summed E-state index contributed by atoms with van der Waals surface area (Å²) in [5.41, 5.74) is 0.897. The zero-order chi connectivity index (χ0) is 20.4.